The standard InChI is InChI=1S/C13H15NO5/c1-8(18-5-4-15)19-10-3-2-9-6-12(13(16)17)14-11(9)7-10/h2-3,6-8,14-15H,4-5H2,1H3,(H,16,17). The zero-order chi connectivity index (χ0) is 13.8. The van der Waals surface area contributed by atoms with E-state index in [4.69, 9.17) is 19.7 Å². The summed E-state index contributed by atoms with van der Waals surface area (Å²) in [5, 5.41) is 18.3. The fourth-order valence-electron chi connectivity index (χ4n) is 1.74. The predicted octanol–water partition coefficient (Wildman–Crippen LogP) is 1.60. The third kappa shape index (κ3) is 3.24. The molecule has 3 N–H and O–H groups in total. The highest BCUT2D eigenvalue weighted by molar-refractivity contribution is 5.94. The van der Waals surface area contributed by atoms with E-state index in [0.29, 0.717) is 11.3 Å². The maximum Gasteiger partial charge on any atom is 0.352 e. The van der Waals surface area contributed by atoms with Gasteiger partial charge in [0.15, 0.2) is 6.29 Å². The zero-order valence-corrected chi connectivity index (χ0v) is 10.4. The molecule has 19 heavy (non-hydrogen) atoms. The highest BCUT2D eigenvalue weighted by Gasteiger charge is 2.09. The summed E-state index contributed by atoms with van der Waals surface area (Å²) in [6.45, 7) is 1.86. The first-order valence-electron chi connectivity index (χ1n) is 5.85. The molecule has 0 fully saturated rings. The topological polar surface area (TPSA) is 91.8 Å². The molecule has 1 atom stereocenters. The number of benzene rings is 1. The van der Waals surface area contributed by atoms with Crippen molar-refractivity contribution in [1.82, 2.24) is 4.98 Å². The van der Waals surface area contributed by atoms with Gasteiger partial charge in [0, 0.05) is 17.0 Å². The van der Waals surface area contributed by atoms with Crippen LogP contribution in [0, 0.1) is 0 Å². The van der Waals surface area contributed by atoms with Crippen molar-refractivity contribution < 1.29 is 24.5 Å². The van der Waals surface area contributed by atoms with Gasteiger partial charge in [-0.1, -0.05) is 0 Å². The molecule has 102 valence electrons. The third-order valence-corrected chi connectivity index (χ3v) is 2.57. The van der Waals surface area contributed by atoms with E-state index in [1.54, 1.807) is 31.2 Å². The van der Waals surface area contributed by atoms with Crippen molar-refractivity contribution >= 4 is 16.9 Å². The van der Waals surface area contributed by atoms with Crippen LogP contribution in [0.15, 0.2) is 24.3 Å². The minimum absolute atomic E-state index is 0.0642. The molecule has 6 nitrogen and oxygen atoms in total. The van der Waals surface area contributed by atoms with Crippen molar-refractivity contribution in [3.8, 4) is 5.75 Å². The van der Waals surface area contributed by atoms with Crippen LogP contribution in [0.1, 0.15) is 17.4 Å². The summed E-state index contributed by atoms with van der Waals surface area (Å²) in [4.78, 5) is 13.6. The molecule has 0 aliphatic carbocycles. The molecule has 2 rings (SSSR count). The largest absolute Gasteiger partial charge is 0.477 e. The molecule has 1 aromatic heterocycles. The van der Waals surface area contributed by atoms with Crippen LogP contribution in [0.3, 0.4) is 0 Å². The van der Waals surface area contributed by atoms with Gasteiger partial charge < -0.3 is 24.7 Å². The summed E-state index contributed by atoms with van der Waals surface area (Å²) >= 11 is 0. The summed E-state index contributed by atoms with van der Waals surface area (Å²) in [6, 6.07) is 6.78. The van der Waals surface area contributed by atoms with E-state index in [2.05, 4.69) is 4.98 Å². The number of fused-ring (bicyclic) bond motifs is 1. The summed E-state index contributed by atoms with van der Waals surface area (Å²) in [7, 11) is 0. The second kappa shape index (κ2) is 5.73. The molecule has 1 unspecified atom stereocenters. The van der Waals surface area contributed by atoms with E-state index < -0.39 is 12.3 Å². The fraction of sp³-hybridized carbons (Fsp3) is 0.308. The van der Waals surface area contributed by atoms with E-state index in [-0.39, 0.29) is 18.9 Å². The quantitative estimate of drug-likeness (QED) is 0.690. The lowest BCUT2D eigenvalue weighted by atomic mass is 10.2. The normalized spacial score (nSPS) is 12.5. The van der Waals surface area contributed by atoms with Crippen LogP contribution in [0.5, 0.6) is 5.75 Å². The molecule has 0 amide bonds. The van der Waals surface area contributed by atoms with E-state index in [1.165, 1.54) is 0 Å². The Morgan fingerprint density at radius 1 is 1.42 bits per heavy atom. The van der Waals surface area contributed by atoms with Gasteiger partial charge in [0.05, 0.1) is 13.2 Å². The second-order valence-electron chi connectivity index (χ2n) is 4.02. The predicted molar refractivity (Wildman–Crippen MR) is 68.4 cm³/mol. The van der Waals surface area contributed by atoms with Crippen LogP contribution in [-0.4, -0.2) is 40.7 Å². The summed E-state index contributed by atoms with van der Waals surface area (Å²) in [5.41, 5.74) is 0.820. The Hall–Kier alpha value is -2.05. The molecule has 0 aliphatic heterocycles. The Morgan fingerprint density at radius 3 is 2.89 bits per heavy atom. The number of carboxylic acids is 1. The number of hydrogen-bond acceptors (Lipinski definition) is 4. The Morgan fingerprint density at radius 2 is 2.21 bits per heavy atom. The summed E-state index contributed by atoms with van der Waals surface area (Å²) < 4.78 is 10.7. The minimum atomic E-state index is -1.00. The van der Waals surface area contributed by atoms with Crippen molar-refractivity contribution in [1.29, 1.82) is 0 Å². The molecule has 1 heterocycles. The first-order chi connectivity index (χ1) is 9.10. The zero-order valence-electron chi connectivity index (χ0n) is 10.4. The third-order valence-electron chi connectivity index (χ3n) is 2.57. The Labute approximate surface area is 109 Å². The maximum atomic E-state index is 10.8. The smallest absolute Gasteiger partial charge is 0.352 e. The van der Waals surface area contributed by atoms with Crippen LogP contribution in [-0.2, 0) is 4.74 Å². The lowest BCUT2D eigenvalue weighted by molar-refractivity contribution is -0.0760. The monoisotopic (exact) mass is 265 g/mol. The molecule has 2 aromatic rings. The highest BCUT2D eigenvalue weighted by atomic mass is 16.7. The Bertz CT molecular complexity index is 577. The molecule has 0 aliphatic rings. The number of aromatic nitrogens is 1. The van der Waals surface area contributed by atoms with Crippen LogP contribution >= 0.6 is 0 Å². The van der Waals surface area contributed by atoms with Gasteiger partial charge in [0.1, 0.15) is 11.4 Å². The molecule has 0 saturated heterocycles. The average molecular weight is 265 g/mol. The average Bonchev–Trinajstić information content (AvgIpc) is 2.79. The molecule has 0 spiro atoms. The van der Waals surface area contributed by atoms with Gasteiger partial charge in [-0.3, -0.25) is 0 Å². The Balaban J connectivity index is 2.14. The van der Waals surface area contributed by atoms with Crippen molar-refractivity contribution in [2.45, 2.75) is 13.2 Å². The second-order valence-corrected chi connectivity index (χ2v) is 4.02. The SMILES string of the molecule is CC(OCCO)Oc1ccc2cc(C(=O)O)[nH]c2c1. The van der Waals surface area contributed by atoms with Gasteiger partial charge >= 0.3 is 5.97 Å². The number of rotatable bonds is 6. The number of aliphatic hydroxyl groups excluding tert-OH is 1. The van der Waals surface area contributed by atoms with E-state index >= 15 is 0 Å². The number of nitrogens with one attached hydrogen (secondary N) is 1. The number of aromatic carboxylic acids is 1. The lowest BCUT2D eigenvalue weighted by Gasteiger charge is -2.14. The molecule has 1 aromatic carbocycles. The number of carboxylic acid groups (broad SMARTS) is 1. The first-order valence-corrected chi connectivity index (χ1v) is 5.85. The Kier molecular flexibility index (Phi) is 4.03. The van der Waals surface area contributed by atoms with Gasteiger partial charge in [0.2, 0.25) is 0 Å². The van der Waals surface area contributed by atoms with Crippen LogP contribution in [0.2, 0.25) is 0 Å². The lowest BCUT2D eigenvalue weighted by Crippen LogP contribution is -2.18. The van der Waals surface area contributed by atoms with Crippen LogP contribution in [0.25, 0.3) is 10.9 Å². The van der Waals surface area contributed by atoms with Gasteiger partial charge in [0.25, 0.3) is 0 Å². The molecule has 6 heteroatoms. The van der Waals surface area contributed by atoms with Crippen molar-refractivity contribution in [2.75, 3.05) is 13.2 Å². The van der Waals surface area contributed by atoms with Crippen molar-refractivity contribution in [3.05, 3.63) is 30.0 Å². The van der Waals surface area contributed by atoms with Gasteiger partial charge in [-0.25, -0.2) is 4.79 Å². The van der Waals surface area contributed by atoms with Crippen molar-refractivity contribution in [2.24, 2.45) is 0 Å². The fourth-order valence-corrected chi connectivity index (χ4v) is 1.74. The molecule has 0 saturated carbocycles. The van der Waals surface area contributed by atoms with Gasteiger partial charge in [-0.15, -0.1) is 0 Å². The van der Waals surface area contributed by atoms with E-state index in [1.807, 2.05) is 0 Å². The molecule has 0 radical (unpaired) electrons. The van der Waals surface area contributed by atoms with Gasteiger partial charge in [-0.05, 0) is 25.1 Å². The first kappa shape index (κ1) is 13.4. The summed E-state index contributed by atoms with van der Waals surface area (Å²) in [5.74, 6) is -0.435. The number of hydrogen-bond donors (Lipinski definition) is 3. The molecular formula is C13H15NO5. The van der Waals surface area contributed by atoms with Crippen LogP contribution in [0.4, 0.5) is 0 Å². The maximum absolute atomic E-state index is 10.8. The van der Waals surface area contributed by atoms with Crippen LogP contribution < -0.4 is 4.74 Å². The number of aliphatic hydroxyl groups is 1. The number of carbonyl (C=O) groups is 1. The highest BCUT2D eigenvalue weighted by Crippen LogP contribution is 2.22. The number of aromatic amines is 1. The number of ether oxygens (including phenoxy) is 2. The van der Waals surface area contributed by atoms with Gasteiger partial charge in [-0.2, -0.15) is 0 Å². The minimum Gasteiger partial charge on any atom is -0.477 e. The van der Waals surface area contributed by atoms with E-state index in [0.717, 1.165) is 5.39 Å². The van der Waals surface area contributed by atoms with Crippen molar-refractivity contribution in [3.63, 3.8) is 0 Å². The summed E-state index contributed by atoms with van der Waals surface area (Å²) in [6.07, 6.45) is -0.487. The molecular weight excluding hydrogens is 250 g/mol. The molecule has 0 bridgehead atoms. The number of H-pyrrole nitrogens is 1. The van der Waals surface area contributed by atoms with E-state index in [9.17, 15) is 4.79 Å².